The Morgan fingerprint density at radius 3 is 1.42 bits per heavy atom. The van der Waals surface area contributed by atoms with Crippen molar-refractivity contribution in [2.24, 2.45) is 0 Å². The molecule has 12 aromatic rings. The van der Waals surface area contributed by atoms with E-state index in [4.69, 9.17) is 4.42 Å². The first-order valence-corrected chi connectivity index (χ1v) is 19.5. The van der Waals surface area contributed by atoms with Gasteiger partial charge < -0.3 is 13.6 Å². The average molecular weight is 727 g/mol. The molecule has 3 heterocycles. The van der Waals surface area contributed by atoms with E-state index >= 15 is 0 Å². The Morgan fingerprint density at radius 2 is 0.702 bits per heavy atom. The van der Waals surface area contributed by atoms with Gasteiger partial charge in [-0.05, 0) is 100 Å². The molecule has 0 N–H and O–H groups in total. The van der Waals surface area contributed by atoms with Crippen molar-refractivity contribution in [2.75, 3.05) is 0 Å². The lowest BCUT2D eigenvalue weighted by Crippen LogP contribution is -1.94. The van der Waals surface area contributed by atoms with Gasteiger partial charge in [-0.25, -0.2) is 0 Å². The second-order valence-electron chi connectivity index (χ2n) is 14.9. The van der Waals surface area contributed by atoms with Gasteiger partial charge in [-0.1, -0.05) is 133 Å². The van der Waals surface area contributed by atoms with Crippen molar-refractivity contribution in [1.29, 1.82) is 0 Å². The second-order valence-corrected chi connectivity index (χ2v) is 14.9. The van der Waals surface area contributed by atoms with Crippen LogP contribution in [-0.2, 0) is 0 Å². The van der Waals surface area contributed by atoms with E-state index in [1.165, 1.54) is 77.0 Å². The van der Waals surface area contributed by atoms with Gasteiger partial charge in [0.1, 0.15) is 11.2 Å². The molecule has 0 bridgehead atoms. The van der Waals surface area contributed by atoms with Gasteiger partial charge in [0.2, 0.25) is 0 Å². The SMILES string of the molecule is c1ccc(-c2ccc(-n3c4ccc(-c5ccc6c(c5)c5ccccc5n6-c5ccc6c(c5)oc5ccccc56)cc4c4ccc(-c5ccccc5)cc43)cc2)cc1. The number of rotatable bonds is 5. The minimum atomic E-state index is 0.895. The number of hydrogen-bond donors (Lipinski definition) is 0. The van der Waals surface area contributed by atoms with Crippen LogP contribution in [0.4, 0.5) is 0 Å². The van der Waals surface area contributed by atoms with Crippen LogP contribution in [0.2, 0.25) is 0 Å². The summed E-state index contributed by atoms with van der Waals surface area (Å²) in [4.78, 5) is 0. The van der Waals surface area contributed by atoms with Crippen LogP contribution in [-0.4, -0.2) is 9.13 Å². The molecule has 9 aromatic carbocycles. The molecule has 0 aliphatic carbocycles. The van der Waals surface area contributed by atoms with Gasteiger partial charge in [0.15, 0.2) is 0 Å². The highest BCUT2D eigenvalue weighted by molar-refractivity contribution is 6.13. The largest absolute Gasteiger partial charge is 0.456 e. The van der Waals surface area contributed by atoms with Crippen molar-refractivity contribution >= 4 is 65.6 Å². The van der Waals surface area contributed by atoms with Crippen molar-refractivity contribution in [3.05, 3.63) is 206 Å². The predicted molar refractivity (Wildman–Crippen MR) is 239 cm³/mol. The average Bonchev–Trinajstić information content (AvgIpc) is 3.93. The monoisotopic (exact) mass is 726 g/mol. The molecule has 0 fully saturated rings. The summed E-state index contributed by atoms with van der Waals surface area (Å²) in [5.41, 5.74) is 16.0. The Morgan fingerprint density at radius 1 is 0.246 bits per heavy atom. The molecule has 57 heavy (non-hydrogen) atoms. The molecule has 3 aromatic heterocycles. The maximum absolute atomic E-state index is 6.33. The van der Waals surface area contributed by atoms with E-state index in [-0.39, 0.29) is 0 Å². The molecular weight excluding hydrogens is 693 g/mol. The molecule has 0 amide bonds. The van der Waals surface area contributed by atoms with Gasteiger partial charge >= 0.3 is 0 Å². The maximum atomic E-state index is 6.33. The fourth-order valence-electron chi connectivity index (χ4n) is 9.01. The van der Waals surface area contributed by atoms with Gasteiger partial charge in [-0.3, -0.25) is 0 Å². The Kier molecular flexibility index (Phi) is 6.93. The standard InChI is InChI=1S/C54H34N2O/c1-3-11-35(12-4-1)37-19-24-41(25-20-37)55-50-29-22-39(32-48(50)44-27-21-40(33-52(44)55)36-13-5-2-6-14-36)38-23-30-51-47(31-38)43-15-7-9-17-49(43)56(51)42-26-28-46-45-16-8-10-18-53(45)57-54(46)34-42/h1-34H. The summed E-state index contributed by atoms with van der Waals surface area (Å²) in [5.74, 6) is 0. The summed E-state index contributed by atoms with van der Waals surface area (Å²) in [6.45, 7) is 0. The second kappa shape index (κ2) is 12.5. The van der Waals surface area contributed by atoms with E-state index in [2.05, 4.69) is 203 Å². The minimum absolute atomic E-state index is 0.895. The van der Waals surface area contributed by atoms with E-state index < -0.39 is 0 Å². The molecule has 266 valence electrons. The van der Waals surface area contributed by atoms with Gasteiger partial charge in [-0.15, -0.1) is 0 Å². The molecule has 0 aliphatic heterocycles. The van der Waals surface area contributed by atoms with Gasteiger partial charge in [-0.2, -0.15) is 0 Å². The van der Waals surface area contributed by atoms with E-state index in [0.717, 1.165) is 33.3 Å². The maximum Gasteiger partial charge on any atom is 0.137 e. The lowest BCUT2D eigenvalue weighted by atomic mass is 9.99. The predicted octanol–water partition coefficient (Wildman–Crippen LogP) is 14.8. The molecule has 0 spiro atoms. The van der Waals surface area contributed by atoms with E-state index in [9.17, 15) is 0 Å². The lowest BCUT2D eigenvalue weighted by Gasteiger charge is -2.11. The highest BCUT2D eigenvalue weighted by Gasteiger charge is 2.18. The Hall–Kier alpha value is -7.62. The summed E-state index contributed by atoms with van der Waals surface area (Å²) in [5, 5.41) is 7.19. The normalized spacial score (nSPS) is 11.9. The quantitative estimate of drug-likeness (QED) is 0.173. The number of hydrogen-bond acceptors (Lipinski definition) is 1. The number of furan rings is 1. The summed E-state index contributed by atoms with van der Waals surface area (Å²) >= 11 is 0. The molecule has 3 nitrogen and oxygen atoms in total. The van der Waals surface area contributed by atoms with Crippen molar-refractivity contribution in [3.63, 3.8) is 0 Å². The Bertz CT molecular complexity index is 3490. The van der Waals surface area contributed by atoms with Crippen LogP contribution in [0.3, 0.4) is 0 Å². The molecule has 0 radical (unpaired) electrons. The summed E-state index contributed by atoms with van der Waals surface area (Å²) in [6, 6.07) is 74.6. The van der Waals surface area contributed by atoms with Crippen LogP contribution >= 0.6 is 0 Å². The molecule has 0 aliphatic rings. The fraction of sp³-hybridized carbons (Fsp3) is 0. The highest BCUT2D eigenvalue weighted by Crippen LogP contribution is 2.40. The first kappa shape index (κ1) is 31.7. The zero-order valence-electron chi connectivity index (χ0n) is 30.9. The number of nitrogens with zero attached hydrogens (tertiary/aromatic N) is 2. The van der Waals surface area contributed by atoms with Crippen LogP contribution in [0.5, 0.6) is 0 Å². The molecular formula is C54H34N2O. The molecule has 0 atom stereocenters. The van der Waals surface area contributed by atoms with E-state index in [0.29, 0.717) is 0 Å². The van der Waals surface area contributed by atoms with Crippen LogP contribution in [0.1, 0.15) is 0 Å². The fourth-order valence-corrected chi connectivity index (χ4v) is 9.01. The Labute approximate surface area is 328 Å². The molecule has 0 unspecified atom stereocenters. The zero-order valence-corrected chi connectivity index (χ0v) is 30.9. The van der Waals surface area contributed by atoms with Crippen LogP contribution in [0, 0.1) is 0 Å². The van der Waals surface area contributed by atoms with Crippen molar-refractivity contribution in [2.45, 2.75) is 0 Å². The highest BCUT2D eigenvalue weighted by atomic mass is 16.3. The molecule has 0 saturated carbocycles. The summed E-state index contributed by atoms with van der Waals surface area (Å²) < 4.78 is 11.1. The number of aromatic nitrogens is 2. The molecule has 0 saturated heterocycles. The van der Waals surface area contributed by atoms with E-state index in [1.807, 2.05) is 12.1 Å². The van der Waals surface area contributed by atoms with Crippen molar-refractivity contribution < 1.29 is 4.42 Å². The number of para-hydroxylation sites is 2. The van der Waals surface area contributed by atoms with E-state index in [1.54, 1.807) is 0 Å². The number of fused-ring (bicyclic) bond motifs is 9. The minimum Gasteiger partial charge on any atom is -0.456 e. The van der Waals surface area contributed by atoms with Gasteiger partial charge in [0, 0.05) is 49.8 Å². The van der Waals surface area contributed by atoms with Crippen molar-refractivity contribution in [3.8, 4) is 44.8 Å². The third-order valence-electron chi connectivity index (χ3n) is 11.7. The zero-order chi connectivity index (χ0) is 37.5. The summed E-state index contributed by atoms with van der Waals surface area (Å²) in [6.07, 6.45) is 0. The van der Waals surface area contributed by atoms with Crippen LogP contribution in [0.15, 0.2) is 211 Å². The molecule has 3 heteroatoms. The first-order valence-electron chi connectivity index (χ1n) is 19.5. The summed E-state index contributed by atoms with van der Waals surface area (Å²) in [7, 11) is 0. The third kappa shape index (κ3) is 4.99. The topological polar surface area (TPSA) is 23.0 Å². The van der Waals surface area contributed by atoms with Crippen LogP contribution < -0.4 is 0 Å². The van der Waals surface area contributed by atoms with Gasteiger partial charge in [0.05, 0.1) is 22.1 Å². The Balaban J connectivity index is 1.02. The smallest absolute Gasteiger partial charge is 0.137 e. The lowest BCUT2D eigenvalue weighted by molar-refractivity contribution is 0.668. The van der Waals surface area contributed by atoms with Crippen molar-refractivity contribution in [1.82, 2.24) is 9.13 Å². The first-order chi connectivity index (χ1) is 28.2. The van der Waals surface area contributed by atoms with Crippen LogP contribution in [0.25, 0.3) is 110 Å². The third-order valence-corrected chi connectivity index (χ3v) is 11.7. The van der Waals surface area contributed by atoms with Gasteiger partial charge in [0.25, 0.3) is 0 Å². The molecule has 12 rings (SSSR count). The number of benzene rings is 9.